The molecular formula is C15H13N3O6. The highest BCUT2D eigenvalue weighted by molar-refractivity contribution is 5.94. The molecule has 0 heterocycles. The number of ether oxygens (including phenoxy) is 1. The highest BCUT2D eigenvalue weighted by Gasteiger charge is 2.14. The summed E-state index contributed by atoms with van der Waals surface area (Å²) in [5, 5.41) is 21.2. The van der Waals surface area contributed by atoms with E-state index in [2.05, 4.69) is 0 Å². The number of likely N-dealkylation sites (N-methyl/N-ethyl adjacent to an activating group) is 1. The van der Waals surface area contributed by atoms with Crippen LogP contribution in [0.1, 0.15) is 0 Å². The second-order valence-corrected chi connectivity index (χ2v) is 4.77. The molecule has 0 radical (unpaired) electrons. The summed E-state index contributed by atoms with van der Waals surface area (Å²) in [6.07, 6.45) is 0. The first-order chi connectivity index (χ1) is 11.4. The lowest BCUT2D eigenvalue weighted by molar-refractivity contribution is -0.385. The predicted octanol–water partition coefficient (Wildman–Crippen LogP) is 2.54. The maximum absolute atomic E-state index is 12.1. The quantitative estimate of drug-likeness (QED) is 0.593. The number of benzene rings is 2. The van der Waals surface area contributed by atoms with Crippen molar-refractivity contribution in [2.75, 3.05) is 18.6 Å². The van der Waals surface area contributed by atoms with Gasteiger partial charge in [0.05, 0.1) is 9.85 Å². The summed E-state index contributed by atoms with van der Waals surface area (Å²) in [6, 6.07) is 10.9. The maximum atomic E-state index is 12.1. The van der Waals surface area contributed by atoms with Crippen molar-refractivity contribution in [1.29, 1.82) is 0 Å². The van der Waals surface area contributed by atoms with Crippen LogP contribution >= 0.6 is 0 Å². The normalized spacial score (nSPS) is 10.0. The summed E-state index contributed by atoms with van der Waals surface area (Å²) in [6.45, 7) is -0.273. The Morgan fingerprint density at radius 3 is 1.88 bits per heavy atom. The zero-order chi connectivity index (χ0) is 17.7. The fourth-order valence-corrected chi connectivity index (χ4v) is 1.85. The zero-order valence-electron chi connectivity index (χ0n) is 12.6. The molecule has 0 fully saturated rings. The Bertz CT molecular complexity index is 758. The Morgan fingerprint density at radius 1 is 0.958 bits per heavy atom. The molecule has 2 rings (SSSR count). The Labute approximate surface area is 136 Å². The molecule has 0 atom stereocenters. The summed E-state index contributed by atoms with van der Waals surface area (Å²) in [4.78, 5) is 33.5. The van der Waals surface area contributed by atoms with E-state index in [1.165, 1.54) is 60.5 Å². The number of nitro benzene ring substituents is 2. The molecule has 0 spiro atoms. The van der Waals surface area contributed by atoms with E-state index in [-0.39, 0.29) is 23.9 Å². The molecule has 24 heavy (non-hydrogen) atoms. The summed E-state index contributed by atoms with van der Waals surface area (Å²) in [5.74, 6) is -0.0479. The lowest BCUT2D eigenvalue weighted by atomic mass is 10.2. The molecule has 0 saturated carbocycles. The van der Waals surface area contributed by atoms with E-state index < -0.39 is 9.85 Å². The van der Waals surface area contributed by atoms with Gasteiger partial charge in [0.1, 0.15) is 5.75 Å². The van der Waals surface area contributed by atoms with Gasteiger partial charge in [-0.15, -0.1) is 0 Å². The Morgan fingerprint density at radius 2 is 1.42 bits per heavy atom. The van der Waals surface area contributed by atoms with Crippen molar-refractivity contribution in [3.8, 4) is 5.75 Å². The average Bonchev–Trinajstić information content (AvgIpc) is 2.59. The summed E-state index contributed by atoms with van der Waals surface area (Å²) < 4.78 is 5.29. The molecule has 0 saturated heterocycles. The minimum absolute atomic E-state index is 0.0678. The minimum Gasteiger partial charge on any atom is -0.484 e. The van der Waals surface area contributed by atoms with E-state index >= 15 is 0 Å². The van der Waals surface area contributed by atoms with Crippen molar-refractivity contribution >= 4 is 23.0 Å². The van der Waals surface area contributed by atoms with E-state index in [4.69, 9.17) is 4.74 Å². The van der Waals surface area contributed by atoms with Gasteiger partial charge in [-0.2, -0.15) is 0 Å². The minimum atomic E-state index is -0.530. The summed E-state index contributed by atoms with van der Waals surface area (Å²) in [5.41, 5.74) is 0.344. The number of carbonyl (C=O) groups is 1. The second kappa shape index (κ2) is 7.18. The van der Waals surface area contributed by atoms with Gasteiger partial charge in [-0.25, -0.2) is 0 Å². The molecule has 9 nitrogen and oxygen atoms in total. The fourth-order valence-electron chi connectivity index (χ4n) is 1.85. The third-order valence-electron chi connectivity index (χ3n) is 3.23. The van der Waals surface area contributed by atoms with Gasteiger partial charge in [0.2, 0.25) is 0 Å². The van der Waals surface area contributed by atoms with Crippen LogP contribution in [-0.4, -0.2) is 29.4 Å². The smallest absolute Gasteiger partial charge is 0.269 e. The van der Waals surface area contributed by atoms with Crippen LogP contribution in [0.15, 0.2) is 48.5 Å². The van der Waals surface area contributed by atoms with Crippen molar-refractivity contribution in [2.45, 2.75) is 0 Å². The highest BCUT2D eigenvalue weighted by atomic mass is 16.6. The lowest BCUT2D eigenvalue weighted by Gasteiger charge is -2.17. The number of nitrogens with zero attached hydrogens (tertiary/aromatic N) is 3. The average molecular weight is 331 g/mol. The molecule has 0 N–H and O–H groups in total. The van der Waals surface area contributed by atoms with Crippen LogP contribution in [0.4, 0.5) is 17.1 Å². The monoisotopic (exact) mass is 331 g/mol. The first-order valence-corrected chi connectivity index (χ1v) is 6.77. The molecule has 2 aromatic rings. The van der Waals surface area contributed by atoms with E-state index in [0.29, 0.717) is 11.4 Å². The molecule has 124 valence electrons. The summed E-state index contributed by atoms with van der Waals surface area (Å²) in [7, 11) is 1.52. The molecule has 9 heteroatoms. The number of hydrogen-bond donors (Lipinski definition) is 0. The van der Waals surface area contributed by atoms with Gasteiger partial charge in [0, 0.05) is 37.0 Å². The Balaban J connectivity index is 1.96. The van der Waals surface area contributed by atoms with Gasteiger partial charge >= 0.3 is 0 Å². The Kier molecular flexibility index (Phi) is 5.05. The van der Waals surface area contributed by atoms with Gasteiger partial charge in [-0.3, -0.25) is 25.0 Å². The molecule has 0 aliphatic rings. The predicted molar refractivity (Wildman–Crippen MR) is 85.1 cm³/mol. The topological polar surface area (TPSA) is 116 Å². The summed E-state index contributed by atoms with van der Waals surface area (Å²) >= 11 is 0. The lowest BCUT2D eigenvalue weighted by Crippen LogP contribution is -2.31. The molecule has 0 bridgehead atoms. The van der Waals surface area contributed by atoms with Gasteiger partial charge in [-0.1, -0.05) is 0 Å². The number of nitro groups is 2. The SMILES string of the molecule is CN(C(=O)COc1ccc([N+](=O)[O-])cc1)c1ccc([N+](=O)[O-])cc1. The van der Waals surface area contributed by atoms with Crippen LogP contribution in [0.5, 0.6) is 5.75 Å². The van der Waals surface area contributed by atoms with Crippen LogP contribution < -0.4 is 9.64 Å². The Hall–Kier alpha value is -3.49. The first-order valence-electron chi connectivity index (χ1n) is 6.77. The molecule has 0 unspecified atom stereocenters. The third-order valence-corrected chi connectivity index (χ3v) is 3.23. The zero-order valence-corrected chi connectivity index (χ0v) is 12.6. The number of anilines is 1. The van der Waals surface area contributed by atoms with E-state index in [1.54, 1.807) is 0 Å². The molecular weight excluding hydrogens is 318 g/mol. The van der Waals surface area contributed by atoms with Crippen molar-refractivity contribution in [3.05, 3.63) is 68.8 Å². The van der Waals surface area contributed by atoms with Gasteiger partial charge < -0.3 is 9.64 Å². The van der Waals surface area contributed by atoms with Crippen LogP contribution in [0.2, 0.25) is 0 Å². The van der Waals surface area contributed by atoms with E-state index in [1.807, 2.05) is 0 Å². The van der Waals surface area contributed by atoms with Gasteiger partial charge in [0.25, 0.3) is 17.3 Å². The second-order valence-electron chi connectivity index (χ2n) is 4.77. The van der Waals surface area contributed by atoms with Crippen LogP contribution in [0.25, 0.3) is 0 Å². The van der Waals surface area contributed by atoms with Crippen molar-refractivity contribution in [2.24, 2.45) is 0 Å². The largest absolute Gasteiger partial charge is 0.484 e. The molecule has 1 amide bonds. The molecule has 2 aromatic carbocycles. The first kappa shape index (κ1) is 16.9. The van der Waals surface area contributed by atoms with Gasteiger partial charge in [0.15, 0.2) is 6.61 Å². The number of carbonyl (C=O) groups excluding carboxylic acids is 1. The number of amides is 1. The van der Waals surface area contributed by atoms with Crippen molar-refractivity contribution in [3.63, 3.8) is 0 Å². The number of non-ortho nitro benzene ring substituents is 2. The number of rotatable bonds is 6. The van der Waals surface area contributed by atoms with Crippen LogP contribution in [-0.2, 0) is 4.79 Å². The van der Waals surface area contributed by atoms with Crippen LogP contribution in [0, 0.1) is 20.2 Å². The van der Waals surface area contributed by atoms with E-state index in [0.717, 1.165) is 0 Å². The van der Waals surface area contributed by atoms with Crippen LogP contribution in [0.3, 0.4) is 0 Å². The maximum Gasteiger partial charge on any atom is 0.269 e. The fraction of sp³-hybridized carbons (Fsp3) is 0.133. The number of hydrogen-bond acceptors (Lipinski definition) is 6. The standard InChI is InChI=1S/C15H13N3O6/c1-16(11-2-4-12(5-3-11)17(20)21)15(19)10-24-14-8-6-13(7-9-14)18(22)23/h2-9H,10H2,1H3. The molecule has 0 aliphatic heterocycles. The van der Waals surface area contributed by atoms with Crippen molar-refractivity contribution in [1.82, 2.24) is 0 Å². The van der Waals surface area contributed by atoms with E-state index in [9.17, 15) is 25.0 Å². The molecule has 0 aromatic heterocycles. The third kappa shape index (κ3) is 4.03. The molecule has 0 aliphatic carbocycles. The van der Waals surface area contributed by atoms with Crippen molar-refractivity contribution < 1.29 is 19.4 Å². The highest BCUT2D eigenvalue weighted by Crippen LogP contribution is 2.20. The van der Waals surface area contributed by atoms with Gasteiger partial charge in [-0.05, 0) is 24.3 Å².